The van der Waals surface area contributed by atoms with E-state index in [2.05, 4.69) is 18.0 Å². The zero-order chi connectivity index (χ0) is 19.8. The number of methoxy groups -OCH3 is 1. The lowest BCUT2D eigenvalue weighted by molar-refractivity contribution is 0.294. The van der Waals surface area contributed by atoms with Gasteiger partial charge in [-0.05, 0) is 35.7 Å². The molecule has 0 N–H and O–H groups in total. The van der Waals surface area contributed by atoms with E-state index in [1.54, 1.807) is 13.3 Å². The van der Waals surface area contributed by atoms with E-state index < -0.39 is 0 Å². The highest BCUT2D eigenvalue weighted by Gasteiger charge is 2.11. The molecule has 2 aromatic carbocycles. The Bertz CT molecular complexity index is 965. The third-order valence-electron chi connectivity index (χ3n) is 4.15. The Morgan fingerprint density at radius 3 is 2.43 bits per heavy atom. The minimum atomic E-state index is 0.260. The number of hydrogen-bond donors (Lipinski definition) is 0. The minimum Gasteiger partial charge on any atom is -0.493 e. The highest BCUT2D eigenvalue weighted by Crippen LogP contribution is 2.34. The van der Waals surface area contributed by atoms with E-state index in [4.69, 9.17) is 14.2 Å². The van der Waals surface area contributed by atoms with Gasteiger partial charge in [-0.2, -0.15) is 5.26 Å². The topological polar surface area (TPSA) is 64.4 Å². The number of benzene rings is 2. The van der Waals surface area contributed by atoms with Crippen molar-refractivity contribution in [2.45, 2.75) is 20.0 Å². The Balaban J connectivity index is 1.89. The van der Waals surface area contributed by atoms with E-state index in [9.17, 15) is 5.26 Å². The monoisotopic (exact) mass is 374 g/mol. The number of nitriles is 1. The third kappa shape index (κ3) is 4.60. The zero-order valence-electron chi connectivity index (χ0n) is 16.0. The van der Waals surface area contributed by atoms with Gasteiger partial charge in [0.1, 0.15) is 12.7 Å². The Kier molecular flexibility index (Phi) is 6.48. The summed E-state index contributed by atoms with van der Waals surface area (Å²) in [5, 5.41) is 9.36. The first-order valence-electron chi connectivity index (χ1n) is 9.13. The van der Waals surface area contributed by atoms with Crippen molar-refractivity contribution in [1.29, 1.82) is 5.26 Å². The fourth-order valence-electron chi connectivity index (χ4n) is 2.71. The van der Waals surface area contributed by atoms with E-state index in [1.165, 1.54) is 0 Å². The maximum Gasteiger partial charge on any atom is 0.182 e. The van der Waals surface area contributed by atoms with Crippen molar-refractivity contribution in [1.82, 2.24) is 4.98 Å². The summed E-state index contributed by atoms with van der Waals surface area (Å²) in [6, 6.07) is 19.4. The van der Waals surface area contributed by atoms with Crippen LogP contribution in [0.2, 0.25) is 0 Å². The van der Waals surface area contributed by atoms with Gasteiger partial charge in [-0.3, -0.25) is 0 Å². The summed E-state index contributed by atoms with van der Waals surface area (Å²) in [7, 11) is 1.62. The number of aromatic nitrogens is 1. The molecular formula is C23H22N2O3. The molecule has 1 aromatic heterocycles. The number of ether oxygens (including phenoxy) is 3. The Morgan fingerprint density at radius 2 is 1.71 bits per heavy atom. The summed E-state index contributed by atoms with van der Waals surface area (Å²) < 4.78 is 17.0. The van der Waals surface area contributed by atoms with Crippen molar-refractivity contribution in [2.24, 2.45) is 0 Å². The quantitative estimate of drug-likeness (QED) is 0.555. The van der Waals surface area contributed by atoms with Gasteiger partial charge in [0.05, 0.1) is 13.7 Å². The van der Waals surface area contributed by atoms with Crippen LogP contribution in [0.15, 0.2) is 60.8 Å². The SMILES string of the molecule is CCCOc1cc(-c2cnc(C#N)c(OCc3ccccc3)c2)ccc1OC. The average molecular weight is 374 g/mol. The van der Waals surface area contributed by atoms with Crippen molar-refractivity contribution in [3.8, 4) is 34.4 Å². The number of rotatable bonds is 8. The van der Waals surface area contributed by atoms with Crippen molar-refractivity contribution < 1.29 is 14.2 Å². The van der Waals surface area contributed by atoms with E-state index in [0.717, 1.165) is 23.1 Å². The molecular weight excluding hydrogens is 352 g/mol. The molecule has 0 fully saturated rings. The Hall–Kier alpha value is -3.52. The van der Waals surface area contributed by atoms with Crippen molar-refractivity contribution >= 4 is 0 Å². The average Bonchev–Trinajstić information content (AvgIpc) is 2.76. The van der Waals surface area contributed by atoms with Crippen molar-refractivity contribution in [2.75, 3.05) is 13.7 Å². The van der Waals surface area contributed by atoms with Crippen molar-refractivity contribution in [3.05, 3.63) is 72.1 Å². The second kappa shape index (κ2) is 9.43. The second-order valence-electron chi connectivity index (χ2n) is 6.17. The first kappa shape index (κ1) is 19.2. The van der Waals surface area contributed by atoms with Crippen LogP contribution in [0.25, 0.3) is 11.1 Å². The zero-order valence-corrected chi connectivity index (χ0v) is 16.0. The first-order valence-corrected chi connectivity index (χ1v) is 9.13. The summed E-state index contributed by atoms with van der Waals surface area (Å²) in [5.74, 6) is 1.81. The van der Waals surface area contributed by atoms with Crippen molar-refractivity contribution in [3.63, 3.8) is 0 Å². The van der Waals surface area contributed by atoms with E-state index in [-0.39, 0.29) is 5.69 Å². The van der Waals surface area contributed by atoms with Crippen LogP contribution < -0.4 is 14.2 Å². The molecule has 5 heteroatoms. The molecule has 28 heavy (non-hydrogen) atoms. The van der Waals surface area contributed by atoms with Gasteiger partial charge in [0, 0.05) is 11.8 Å². The maximum absolute atomic E-state index is 9.36. The van der Waals surface area contributed by atoms with Gasteiger partial charge in [0.15, 0.2) is 22.9 Å². The molecule has 3 rings (SSSR count). The van der Waals surface area contributed by atoms with E-state index in [0.29, 0.717) is 30.5 Å². The second-order valence-corrected chi connectivity index (χ2v) is 6.17. The summed E-state index contributed by atoms with van der Waals surface area (Å²) in [6.07, 6.45) is 2.57. The molecule has 0 saturated carbocycles. The molecule has 0 aliphatic heterocycles. The lowest BCUT2D eigenvalue weighted by Crippen LogP contribution is -2.00. The van der Waals surface area contributed by atoms with E-state index >= 15 is 0 Å². The van der Waals surface area contributed by atoms with Gasteiger partial charge < -0.3 is 14.2 Å². The van der Waals surface area contributed by atoms with Crippen LogP contribution in [0.3, 0.4) is 0 Å². The standard InChI is InChI=1S/C23H22N2O3/c1-3-11-27-23-12-18(9-10-21(23)26-2)19-13-22(20(14-24)25-15-19)28-16-17-7-5-4-6-8-17/h4-10,12-13,15H,3,11,16H2,1-2H3. The highest BCUT2D eigenvalue weighted by molar-refractivity contribution is 5.68. The molecule has 0 spiro atoms. The predicted octanol–water partition coefficient (Wildman–Crippen LogP) is 5.00. The van der Waals surface area contributed by atoms with Crippen LogP contribution in [-0.2, 0) is 6.61 Å². The van der Waals surface area contributed by atoms with Crippen LogP contribution in [0.1, 0.15) is 24.6 Å². The summed E-state index contributed by atoms with van der Waals surface area (Å²) in [6.45, 7) is 3.03. The molecule has 0 unspecified atom stereocenters. The fourth-order valence-corrected chi connectivity index (χ4v) is 2.71. The molecule has 0 radical (unpaired) electrons. The molecule has 0 bridgehead atoms. The molecule has 1 heterocycles. The van der Waals surface area contributed by atoms with Gasteiger partial charge >= 0.3 is 0 Å². The van der Waals surface area contributed by atoms with Gasteiger partial charge in [0.25, 0.3) is 0 Å². The molecule has 0 aliphatic carbocycles. The van der Waals surface area contributed by atoms with Crippen LogP contribution in [-0.4, -0.2) is 18.7 Å². The summed E-state index contributed by atoms with van der Waals surface area (Å²) in [5.41, 5.74) is 3.03. The van der Waals surface area contributed by atoms with Gasteiger partial charge in [-0.25, -0.2) is 4.98 Å². The maximum atomic E-state index is 9.36. The third-order valence-corrected chi connectivity index (χ3v) is 4.15. The predicted molar refractivity (Wildman–Crippen MR) is 108 cm³/mol. The normalized spacial score (nSPS) is 10.2. The largest absolute Gasteiger partial charge is 0.493 e. The van der Waals surface area contributed by atoms with Crippen LogP contribution in [0, 0.1) is 11.3 Å². The summed E-state index contributed by atoms with van der Waals surface area (Å²) in [4.78, 5) is 4.26. The summed E-state index contributed by atoms with van der Waals surface area (Å²) >= 11 is 0. The number of nitrogens with zero attached hydrogens (tertiary/aromatic N) is 2. The molecule has 5 nitrogen and oxygen atoms in total. The minimum absolute atomic E-state index is 0.260. The molecule has 3 aromatic rings. The van der Waals surface area contributed by atoms with Crippen LogP contribution in [0.5, 0.6) is 17.2 Å². The van der Waals surface area contributed by atoms with Gasteiger partial charge in [-0.1, -0.05) is 43.3 Å². The van der Waals surface area contributed by atoms with Crippen LogP contribution in [0.4, 0.5) is 0 Å². The highest BCUT2D eigenvalue weighted by atomic mass is 16.5. The first-order chi connectivity index (χ1) is 13.7. The molecule has 0 amide bonds. The number of pyridine rings is 1. The number of hydrogen-bond acceptors (Lipinski definition) is 5. The van der Waals surface area contributed by atoms with Crippen LogP contribution >= 0.6 is 0 Å². The lowest BCUT2D eigenvalue weighted by atomic mass is 10.1. The van der Waals surface area contributed by atoms with Gasteiger partial charge in [0.2, 0.25) is 0 Å². The Labute approximate surface area is 165 Å². The molecule has 142 valence electrons. The fraction of sp³-hybridized carbons (Fsp3) is 0.217. The van der Waals surface area contributed by atoms with Gasteiger partial charge in [-0.15, -0.1) is 0 Å². The molecule has 0 atom stereocenters. The molecule has 0 aliphatic rings. The Morgan fingerprint density at radius 1 is 0.929 bits per heavy atom. The lowest BCUT2D eigenvalue weighted by Gasteiger charge is -2.13. The van der Waals surface area contributed by atoms with E-state index in [1.807, 2.05) is 54.6 Å². The smallest absolute Gasteiger partial charge is 0.182 e. The molecule has 0 saturated heterocycles.